The Morgan fingerprint density at radius 2 is 2.31 bits per heavy atom. The number of thiazole rings is 1. The van der Waals surface area contributed by atoms with Crippen LogP contribution in [-0.4, -0.2) is 10.9 Å². The molecule has 2 rings (SSSR count). The third-order valence-electron chi connectivity index (χ3n) is 1.93. The minimum atomic E-state index is -0.118. The van der Waals surface area contributed by atoms with Gasteiger partial charge in [0.2, 0.25) is 0 Å². The Morgan fingerprint density at radius 1 is 1.50 bits per heavy atom. The van der Waals surface area contributed by atoms with Crippen molar-refractivity contribution in [1.82, 2.24) is 4.98 Å². The van der Waals surface area contributed by atoms with E-state index in [0.29, 0.717) is 10.7 Å². The summed E-state index contributed by atoms with van der Waals surface area (Å²) in [6, 6.07) is 7.45. The number of carbonyl (C=O) groups excluding carboxylic acids is 1. The molecule has 0 aliphatic heterocycles. The quantitative estimate of drug-likeness (QED) is 0.850. The van der Waals surface area contributed by atoms with E-state index >= 15 is 0 Å². The number of hydrogen-bond acceptors (Lipinski definition) is 3. The van der Waals surface area contributed by atoms with E-state index < -0.39 is 0 Å². The van der Waals surface area contributed by atoms with Crippen LogP contribution < -0.4 is 5.32 Å². The zero-order valence-corrected chi connectivity index (χ0v) is 11.5. The second-order valence-electron chi connectivity index (χ2n) is 3.24. The number of nitrogens with zero attached hydrogens (tertiary/aromatic N) is 1. The van der Waals surface area contributed by atoms with E-state index in [1.807, 2.05) is 25.1 Å². The third-order valence-corrected chi connectivity index (χ3v) is 3.43. The van der Waals surface area contributed by atoms with Crippen LogP contribution in [-0.2, 0) is 0 Å². The summed E-state index contributed by atoms with van der Waals surface area (Å²) in [5.41, 5.74) is 0.653. The number of anilines is 1. The van der Waals surface area contributed by atoms with Crippen molar-refractivity contribution in [3.63, 3.8) is 0 Å². The zero-order chi connectivity index (χ0) is 11.5. The molecule has 1 N–H and O–H groups in total. The van der Waals surface area contributed by atoms with Crippen LogP contribution in [0.15, 0.2) is 30.5 Å². The molecule has 1 aromatic heterocycles. The number of carbonyl (C=O) groups is 1. The maximum absolute atomic E-state index is 11.8. The standard InChI is InChI=1S/C11H9IN2OS/c1-7-6-13-11(16-7)14-10(15)8-3-2-4-9(12)5-8/h2-6H,1H3,(H,13,14,15). The molecule has 0 radical (unpaired) electrons. The minimum Gasteiger partial charge on any atom is -0.298 e. The Hall–Kier alpha value is -0.950. The number of aryl methyl sites for hydroxylation is 1. The van der Waals surface area contributed by atoms with Crippen LogP contribution in [0, 0.1) is 10.5 Å². The topological polar surface area (TPSA) is 42.0 Å². The van der Waals surface area contributed by atoms with Gasteiger partial charge < -0.3 is 0 Å². The lowest BCUT2D eigenvalue weighted by Crippen LogP contribution is -2.11. The van der Waals surface area contributed by atoms with Crippen molar-refractivity contribution < 1.29 is 4.79 Å². The molecule has 5 heteroatoms. The largest absolute Gasteiger partial charge is 0.298 e. The zero-order valence-electron chi connectivity index (χ0n) is 8.53. The molecule has 3 nitrogen and oxygen atoms in total. The second kappa shape index (κ2) is 4.92. The first-order valence-electron chi connectivity index (χ1n) is 4.64. The maximum Gasteiger partial charge on any atom is 0.257 e. The van der Waals surface area contributed by atoms with Gasteiger partial charge in [-0.3, -0.25) is 10.1 Å². The predicted octanol–water partition coefficient (Wildman–Crippen LogP) is 3.31. The number of amides is 1. The molecule has 0 aliphatic rings. The highest BCUT2D eigenvalue weighted by Crippen LogP contribution is 2.17. The number of hydrogen-bond donors (Lipinski definition) is 1. The van der Waals surface area contributed by atoms with Crippen molar-refractivity contribution in [2.75, 3.05) is 5.32 Å². The van der Waals surface area contributed by atoms with Gasteiger partial charge >= 0.3 is 0 Å². The molecule has 0 saturated carbocycles. The lowest BCUT2D eigenvalue weighted by Gasteiger charge is -2.01. The molecular weight excluding hydrogens is 335 g/mol. The first kappa shape index (κ1) is 11.5. The summed E-state index contributed by atoms with van der Waals surface area (Å²) in [5.74, 6) is -0.118. The molecule has 0 atom stereocenters. The summed E-state index contributed by atoms with van der Waals surface area (Å²) in [4.78, 5) is 17.0. The van der Waals surface area contributed by atoms with E-state index in [1.165, 1.54) is 11.3 Å². The Morgan fingerprint density at radius 3 is 2.94 bits per heavy atom. The predicted molar refractivity (Wildman–Crippen MR) is 74.0 cm³/mol. The van der Waals surface area contributed by atoms with Crippen molar-refractivity contribution >= 4 is 45.0 Å². The number of benzene rings is 1. The highest BCUT2D eigenvalue weighted by Gasteiger charge is 2.08. The van der Waals surface area contributed by atoms with E-state index in [1.54, 1.807) is 12.3 Å². The van der Waals surface area contributed by atoms with Crippen LogP contribution in [0.1, 0.15) is 15.2 Å². The fourth-order valence-corrected chi connectivity index (χ4v) is 2.41. The van der Waals surface area contributed by atoms with E-state index in [-0.39, 0.29) is 5.91 Å². The average Bonchev–Trinajstić information content (AvgIpc) is 2.64. The molecule has 1 amide bonds. The van der Waals surface area contributed by atoms with Gasteiger partial charge in [-0.15, -0.1) is 11.3 Å². The van der Waals surface area contributed by atoms with E-state index in [0.717, 1.165) is 8.45 Å². The molecule has 0 spiro atoms. The van der Waals surface area contributed by atoms with Gasteiger partial charge in [0.05, 0.1) is 0 Å². The molecular formula is C11H9IN2OS. The lowest BCUT2D eigenvalue weighted by molar-refractivity contribution is 0.102. The van der Waals surface area contributed by atoms with E-state index in [2.05, 4.69) is 32.9 Å². The number of nitrogens with one attached hydrogen (secondary N) is 1. The minimum absolute atomic E-state index is 0.118. The Balaban J connectivity index is 2.14. The first-order chi connectivity index (χ1) is 7.65. The molecule has 0 bridgehead atoms. The fraction of sp³-hybridized carbons (Fsp3) is 0.0909. The molecule has 1 heterocycles. The van der Waals surface area contributed by atoms with Gasteiger partial charge in [-0.05, 0) is 47.7 Å². The summed E-state index contributed by atoms with van der Waals surface area (Å²) in [6.07, 6.45) is 1.75. The lowest BCUT2D eigenvalue weighted by atomic mass is 10.2. The molecule has 82 valence electrons. The van der Waals surface area contributed by atoms with Crippen molar-refractivity contribution in [1.29, 1.82) is 0 Å². The maximum atomic E-state index is 11.8. The fourth-order valence-electron chi connectivity index (χ4n) is 1.21. The van der Waals surface area contributed by atoms with E-state index in [9.17, 15) is 4.79 Å². The number of rotatable bonds is 2. The summed E-state index contributed by atoms with van der Waals surface area (Å²) in [6.45, 7) is 1.96. The summed E-state index contributed by atoms with van der Waals surface area (Å²) >= 11 is 3.65. The molecule has 16 heavy (non-hydrogen) atoms. The second-order valence-corrected chi connectivity index (χ2v) is 5.72. The van der Waals surface area contributed by atoms with Gasteiger partial charge in [0.25, 0.3) is 5.91 Å². The highest BCUT2D eigenvalue weighted by atomic mass is 127. The van der Waals surface area contributed by atoms with Crippen molar-refractivity contribution in [3.05, 3.63) is 44.5 Å². The summed E-state index contributed by atoms with van der Waals surface area (Å²) in [5, 5.41) is 3.41. The first-order valence-corrected chi connectivity index (χ1v) is 6.54. The summed E-state index contributed by atoms with van der Waals surface area (Å²) in [7, 11) is 0. The van der Waals surface area contributed by atoms with Crippen LogP contribution in [0.25, 0.3) is 0 Å². The van der Waals surface area contributed by atoms with Gasteiger partial charge in [0.1, 0.15) is 0 Å². The SMILES string of the molecule is Cc1cnc(NC(=O)c2cccc(I)c2)s1. The average molecular weight is 344 g/mol. The van der Waals surface area contributed by atoms with Crippen LogP contribution >= 0.6 is 33.9 Å². The Kier molecular flexibility index (Phi) is 3.55. The Labute approximate surface area is 111 Å². The van der Waals surface area contributed by atoms with Crippen LogP contribution in [0.2, 0.25) is 0 Å². The smallest absolute Gasteiger partial charge is 0.257 e. The number of aromatic nitrogens is 1. The van der Waals surface area contributed by atoms with Gasteiger partial charge in [0, 0.05) is 20.2 Å². The van der Waals surface area contributed by atoms with E-state index in [4.69, 9.17) is 0 Å². The number of halogens is 1. The summed E-state index contributed by atoms with van der Waals surface area (Å²) < 4.78 is 1.04. The van der Waals surface area contributed by atoms with Crippen LogP contribution in [0.5, 0.6) is 0 Å². The normalized spacial score (nSPS) is 10.1. The third kappa shape index (κ3) is 2.79. The highest BCUT2D eigenvalue weighted by molar-refractivity contribution is 14.1. The van der Waals surface area contributed by atoms with Gasteiger partial charge in [-0.2, -0.15) is 0 Å². The van der Waals surface area contributed by atoms with Gasteiger partial charge in [-0.25, -0.2) is 4.98 Å². The molecule has 1 aromatic carbocycles. The molecule has 2 aromatic rings. The van der Waals surface area contributed by atoms with Gasteiger partial charge in [-0.1, -0.05) is 6.07 Å². The van der Waals surface area contributed by atoms with Gasteiger partial charge in [0.15, 0.2) is 5.13 Å². The van der Waals surface area contributed by atoms with Crippen LogP contribution in [0.3, 0.4) is 0 Å². The van der Waals surface area contributed by atoms with Crippen molar-refractivity contribution in [3.8, 4) is 0 Å². The van der Waals surface area contributed by atoms with Crippen molar-refractivity contribution in [2.45, 2.75) is 6.92 Å². The van der Waals surface area contributed by atoms with Crippen LogP contribution in [0.4, 0.5) is 5.13 Å². The molecule has 0 aliphatic carbocycles. The Bertz CT molecular complexity index is 524. The monoisotopic (exact) mass is 344 g/mol. The molecule has 0 unspecified atom stereocenters. The van der Waals surface area contributed by atoms with Crippen molar-refractivity contribution in [2.24, 2.45) is 0 Å². The molecule has 0 fully saturated rings. The molecule has 0 saturated heterocycles.